The number of nitrogens with two attached hydrogens (primary N) is 1. The van der Waals surface area contributed by atoms with Crippen molar-refractivity contribution >= 4 is 5.82 Å². The van der Waals surface area contributed by atoms with Gasteiger partial charge in [0.15, 0.2) is 0 Å². The van der Waals surface area contributed by atoms with Gasteiger partial charge in [-0.05, 0) is 12.8 Å². The van der Waals surface area contributed by atoms with E-state index in [4.69, 9.17) is 15.5 Å². The zero-order valence-corrected chi connectivity index (χ0v) is 10.4. The second kappa shape index (κ2) is 4.45. The molecule has 1 aromatic rings. The minimum atomic E-state index is 0.382. The predicted octanol–water partition coefficient (Wildman–Crippen LogP) is 2.02. The maximum Gasteiger partial charge on any atom is 0.126 e. The zero-order valence-electron chi connectivity index (χ0n) is 10.4. The first kappa shape index (κ1) is 11.5. The Morgan fingerprint density at radius 2 is 2.25 bits per heavy atom. The predicted molar refractivity (Wildman–Crippen MR) is 64.5 cm³/mol. The van der Waals surface area contributed by atoms with Gasteiger partial charge in [-0.1, -0.05) is 13.8 Å². The highest BCUT2D eigenvalue weighted by molar-refractivity contribution is 5.41. The first-order chi connectivity index (χ1) is 7.61. The number of hydrogen-bond acceptors (Lipinski definition) is 3. The minimum absolute atomic E-state index is 0.382. The maximum atomic E-state index is 6.12. The summed E-state index contributed by atoms with van der Waals surface area (Å²) in [5.74, 6) is 2.66. The molecule has 1 fully saturated rings. The Bertz CT molecular complexity index is 365. The standard InChI is InChI=1S/C12H21N3O/c1-8(2)12-14-10(11(13)15(12)3)9-5-4-6-16-7-9/h8-9H,4-7,13H2,1-3H3. The molecule has 90 valence electrons. The Morgan fingerprint density at radius 3 is 2.75 bits per heavy atom. The molecule has 4 heteroatoms. The summed E-state index contributed by atoms with van der Waals surface area (Å²) in [7, 11) is 1.99. The summed E-state index contributed by atoms with van der Waals surface area (Å²) < 4.78 is 7.50. The van der Waals surface area contributed by atoms with Crippen molar-refractivity contribution < 1.29 is 4.74 Å². The van der Waals surface area contributed by atoms with Crippen LogP contribution in [0.15, 0.2) is 0 Å². The molecule has 0 spiro atoms. The molecule has 0 aromatic carbocycles. The average Bonchev–Trinajstić information content (AvgIpc) is 2.58. The van der Waals surface area contributed by atoms with Crippen LogP contribution in [0.3, 0.4) is 0 Å². The largest absolute Gasteiger partial charge is 0.384 e. The van der Waals surface area contributed by atoms with Crippen LogP contribution in [0.5, 0.6) is 0 Å². The van der Waals surface area contributed by atoms with E-state index in [-0.39, 0.29) is 0 Å². The lowest BCUT2D eigenvalue weighted by molar-refractivity contribution is 0.0796. The Kier molecular flexibility index (Phi) is 3.19. The molecule has 4 nitrogen and oxygen atoms in total. The molecule has 0 saturated carbocycles. The van der Waals surface area contributed by atoms with Crippen LogP contribution in [0.2, 0.25) is 0 Å². The van der Waals surface area contributed by atoms with Crippen molar-refractivity contribution in [1.82, 2.24) is 9.55 Å². The van der Waals surface area contributed by atoms with Crippen molar-refractivity contribution in [3.8, 4) is 0 Å². The molecule has 1 unspecified atom stereocenters. The van der Waals surface area contributed by atoms with E-state index in [0.717, 1.165) is 43.4 Å². The summed E-state index contributed by atoms with van der Waals surface area (Å²) in [6.07, 6.45) is 2.25. The van der Waals surface area contributed by atoms with Crippen LogP contribution in [0.4, 0.5) is 5.82 Å². The Hall–Kier alpha value is -1.03. The van der Waals surface area contributed by atoms with Crippen LogP contribution < -0.4 is 5.73 Å². The van der Waals surface area contributed by atoms with Gasteiger partial charge in [-0.2, -0.15) is 0 Å². The van der Waals surface area contributed by atoms with Crippen molar-refractivity contribution in [2.75, 3.05) is 18.9 Å². The van der Waals surface area contributed by atoms with E-state index >= 15 is 0 Å². The third-order valence-corrected chi connectivity index (χ3v) is 3.27. The van der Waals surface area contributed by atoms with Crippen LogP contribution in [-0.4, -0.2) is 22.8 Å². The van der Waals surface area contributed by atoms with E-state index in [0.29, 0.717) is 11.8 Å². The van der Waals surface area contributed by atoms with Gasteiger partial charge in [0.05, 0.1) is 12.3 Å². The molecule has 16 heavy (non-hydrogen) atoms. The fourth-order valence-corrected chi connectivity index (χ4v) is 2.32. The quantitative estimate of drug-likeness (QED) is 0.834. The second-order valence-corrected chi connectivity index (χ2v) is 4.87. The smallest absolute Gasteiger partial charge is 0.126 e. The van der Waals surface area contributed by atoms with Crippen molar-refractivity contribution in [2.45, 2.75) is 38.5 Å². The highest BCUT2D eigenvalue weighted by Crippen LogP contribution is 2.30. The van der Waals surface area contributed by atoms with Crippen molar-refractivity contribution in [3.05, 3.63) is 11.5 Å². The van der Waals surface area contributed by atoms with E-state index in [1.54, 1.807) is 0 Å². The van der Waals surface area contributed by atoms with Gasteiger partial charge in [0, 0.05) is 25.5 Å². The van der Waals surface area contributed by atoms with E-state index < -0.39 is 0 Å². The van der Waals surface area contributed by atoms with Gasteiger partial charge < -0.3 is 15.0 Å². The molecule has 1 aliphatic heterocycles. The van der Waals surface area contributed by atoms with E-state index in [2.05, 4.69) is 13.8 Å². The number of imidazole rings is 1. The number of ether oxygens (including phenoxy) is 1. The number of anilines is 1. The molecular weight excluding hydrogens is 202 g/mol. The zero-order chi connectivity index (χ0) is 11.7. The summed E-state index contributed by atoms with van der Waals surface area (Å²) >= 11 is 0. The van der Waals surface area contributed by atoms with E-state index in [1.807, 2.05) is 11.6 Å². The molecule has 1 saturated heterocycles. The van der Waals surface area contributed by atoms with Crippen molar-refractivity contribution in [2.24, 2.45) is 7.05 Å². The van der Waals surface area contributed by atoms with Crippen LogP contribution in [0.25, 0.3) is 0 Å². The average molecular weight is 223 g/mol. The van der Waals surface area contributed by atoms with Gasteiger partial charge >= 0.3 is 0 Å². The molecule has 0 radical (unpaired) electrons. The molecule has 2 rings (SSSR count). The van der Waals surface area contributed by atoms with Gasteiger partial charge in [0.1, 0.15) is 11.6 Å². The highest BCUT2D eigenvalue weighted by Gasteiger charge is 2.24. The SMILES string of the molecule is CC(C)c1nc(C2CCCOC2)c(N)n1C. The van der Waals surface area contributed by atoms with Gasteiger partial charge in [-0.3, -0.25) is 0 Å². The topological polar surface area (TPSA) is 53.1 Å². The summed E-state index contributed by atoms with van der Waals surface area (Å²) in [4.78, 5) is 4.69. The summed E-state index contributed by atoms with van der Waals surface area (Å²) in [6.45, 7) is 5.92. The third-order valence-electron chi connectivity index (χ3n) is 3.27. The third kappa shape index (κ3) is 1.94. The number of aromatic nitrogens is 2. The Morgan fingerprint density at radius 1 is 1.50 bits per heavy atom. The Labute approximate surface area is 96.8 Å². The molecule has 0 aliphatic carbocycles. The highest BCUT2D eigenvalue weighted by atomic mass is 16.5. The minimum Gasteiger partial charge on any atom is -0.384 e. The molecule has 2 heterocycles. The van der Waals surface area contributed by atoms with Crippen LogP contribution in [-0.2, 0) is 11.8 Å². The van der Waals surface area contributed by atoms with Crippen molar-refractivity contribution in [1.29, 1.82) is 0 Å². The molecule has 2 N–H and O–H groups in total. The number of hydrogen-bond donors (Lipinski definition) is 1. The van der Waals surface area contributed by atoms with Gasteiger partial charge in [-0.15, -0.1) is 0 Å². The number of nitrogens with zero attached hydrogens (tertiary/aromatic N) is 2. The molecule has 1 atom stereocenters. The molecule has 0 bridgehead atoms. The summed E-state index contributed by atoms with van der Waals surface area (Å²) in [6, 6.07) is 0. The molecular formula is C12H21N3O. The van der Waals surface area contributed by atoms with Gasteiger partial charge in [-0.25, -0.2) is 4.98 Å². The summed E-state index contributed by atoms with van der Waals surface area (Å²) in [5, 5.41) is 0. The van der Waals surface area contributed by atoms with Crippen LogP contribution in [0.1, 0.15) is 50.0 Å². The lowest BCUT2D eigenvalue weighted by Crippen LogP contribution is -2.17. The molecule has 1 aromatic heterocycles. The first-order valence-corrected chi connectivity index (χ1v) is 6.01. The lowest BCUT2D eigenvalue weighted by Gasteiger charge is -2.20. The monoisotopic (exact) mass is 223 g/mol. The Balaban J connectivity index is 2.30. The van der Waals surface area contributed by atoms with Crippen molar-refractivity contribution in [3.63, 3.8) is 0 Å². The fraction of sp³-hybridized carbons (Fsp3) is 0.750. The van der Waals surface area contributed by atoms with Crippen LogP contribution >= 0.6 is 0 Å². The normalized spacial score (nSPS) is 21.6. The molecule has 0 amide bonds. The van der Waals surface area contributed by atoms with Crippen LogP contribution in [0, 0.1) is 0 Å². The lowest BCUT2D eigenvalue weighted by atomic mass is 9.98. The van der Waals surface area contributed by atoms with E-state index in [9.17, 15) is 0 Å². The van der Waals surface area contributed by atoms with Gasteiger partial charge in [0.2, 0.25) is 0 Å². The second-order valence-electron chi connectivity index (χ2n) is 4.87. The number of nitrogen functional groups attached to an aromatic ring is 1. The van der Waals surface area contributed by atoms with Gasteiger partial charge in [0.25, 0.3) is 0 Å². The number of rotatable bonds is 2. The maximum absolute atomic E-state index is 6.12. The molecule has 1 aliphatic rings. The first-order valence-electron chi connectivity index (χ1n) is 6.01. The fourth-order valence-electron chi connectivity index (χ4n) is 2.32. The summed E-state index contributed by atoms with van der Waals surface area (Å²) in [5.41, 5.74) is 7.15. The van der Waals surface area contributed by atoms with E-state index in [1.165, 1.54) is 0 Å².